The predicted molar refractivity (Wildman–Crippen MR) is 99.8 cm³/mol. The summed E-state index contributed by atoms with van der Waals surface area (Å²) >= 11 is 1.60. The Hall–Kier alpha value is -2.80. The number of nitrogens with zero attached hydrogens (tertiary/aromatic N) is 2. The molecule has 0 aliphatic carbocycles. The van der Waals surface area contributed by atoms with Gasteiger partial charge in [0.05, 0.1) is 26.8 Å². The van der Waals surface area contributed by atoms with Crippen molar-refractivity contribution >= 4 is 44.7 Å². The van der Waals surface area contributed by atoms with Crippen molar-refractivity contribution in [3.63, 3.8) is 0 Å². The number of thiazole rings is 1. The Labute approximate surface area is 153 Å². The van der Waals surface area contributed by atoms with Gasteiger partial charge in [0, 0.05) is 18.7 Å². The van der Waals surface area contributed by atoms with Gasteiger partial charge in [-0.3, -0.25) is 9.59 Å². The van der Waals surface area contributed by atoms with Gasteiger partial charge < -0.3 is 10.2 Å². The molecule has 1 aliphatic rings. The number of aromatic nitrogens is 1. The maximum absolute atomic E-state index is 13.7. The number of halogens is 1. The summed E-state index contributed by atoms with van der Waals surface area (Å²) < 4.78 is 14.8. The van der Waals surface area contributed by atoms with Crippen molar-refractivity contribution in [2.75, 3.05) is 16.8 Å². The third-order valence-corrected chi connectivity index (χ3v) is 5.37. The van der Waals surface area contributed by atoms with E-state index in [9.17, 15) is 14.0 Å². The highest BCUT2D eigenvalue weighted by atomic mass is 32.1. The van der Waals surface area contributed by atoms with E-state index in [0.29, 0.717) is 0 Å². The lowest BCUT2D eigenvalue weighted by atomic mass is 10.1. The van der Waals surface area contributed by atoms with Crippen LogP contribution in [0.1, 0.15) is 11.4 Å². The molecule has 0 saturated carbocycles. The number of hydrogen-bond donors (Lipinski definition) is 1. The number of amides is 2. The first-order valence-electron chi connectivity index (χ1n) is 8.24. The van der Waals surface area contributed by atoms with Crippen molar-refractivity contribution < 1.29 is 14.0 Å². The minimum Gasteiger partial charge on any atom is -0.323 e. The van der Waals surface area contributed by atoms with Crippen LogP contribution in [0.5, 0.6) is 0 Å². The monoisotopic (exact) mass is 369 g/mol. The standard InChI is InChI=1S/C19H16FN3O2S/c1-11-21-16-9-13(6-7-17(16)26-11)23-10-12(8-18(23)24)19(25)22-15-5-3-2-4-14(15)20/h2-7,9,12H,8,10H2,1H3,(H,22,25). The summed E-state index contributed by atoms with van der Waals surface area (Å²) in [7, 11) is 0. The summed E-state index contributed by atoms with van der Waals surface area (Å²) in [4.78, 5) is 30.9. The molecule has 4 rings (SSSR count). The average Bonchev–Trinajstić information content (AvgIpc) is 3.18. The molecule has 0 spiro atoms. The molecule has 0 radical (unpaired) electrons. The van der Waals surface area contributed by atoms with Crippen molar-refractivity contribution in [1.82, 2.24) is 4.98 Å². The van der Waals surface area contributed by atoms with E-state index >= 15 is 0 Å². The largest absolute Gasteiger partial charge is 0.323 e. The van der Waals surface area contributed by atoms with Crippen molar-refractivity contribution in [2.24, 2.45) is 5.92 Å². The fourth-order valence-corrected chi connectivity index (χ4v) is 3.94. The van der Waals surface area contributed by atoms with Gasteiger partial charge in [-0.25, -0.2) is 9.37 Å². The van der Waals surface area contributed by atoms with Crippen LogP contribution in [0.3, 0.4) is 0 Å². The molecular formula is C19H16FN3O2S. The van der Waals surface area contributed by atoms with Crippen molar-refractivity contribution in [3.8, 4) is 0 Å². The molecule has 1 N–H and O–H groups in total. The van der Waals surface area contributed by atoms with Gasteiger partial charge in [0.1, 0.15) is 5.82 Å². The zero-order chi connectivity index (χ0) is 18.3. The first-order chi connectivity index (χ1) is 12.5. The van der Waals surface area contributed by atoms with Crippen molar-refractivity contribution in [2.45, 2.75) is 13.3 Å². The number of para-hydroxylation sites is 1. The molecule has 2 heterocycles. The summed E-state index contributed by atoms with van der Waals surface area (Å²) in [5, 5.41) is 3.54. The fourth-order valence-electron chi connectivity index (χ4n) is 3.13. The summed E-state index contributed by atoms with van der Waals surface area (Å²) in [6.07, 6.45) is 0.106. The molecule has 132 valence electrons. The molecule has 2 amide bonds. The highest BCUT2D eigenvalue weighted by Gasteiger charge is 2.35. The molecule has 2 aromatic carbocycles. The number of carbonyl (C=O) groups excluding carboxylic acids is 2. The second-order valence-electron chi connectivity index (χ2n) is 6.26. The number of nitrogens with one attached hydrogen (secondary N) is 1. The molecule has 1 unspecified atom stereocenters. The van der Waals surface area contributed by atoms with Crippen LogP contribution in [-0.4, -0.2) is 23.3 Å². The summed E-state index contributed by atoms with van der Waals surface area (Å²) in [6.45, 7) is 2.21. The van der Waals surface area contributed by atoms with Crippen LogP contribution < -0.4 is 10.2 Å². The number of fused-ring (bicyclic) bond motifs is 1. The zero-order valence-electron chi connectivity index (χ0n) is 14.0. The zero-order valence-corrected chi connectivity index (χ0v) is 14.8. The molecule has 7 heteroatoms. The van der Waals surface area contributed by atoms with E-state index in [-0.39, 0.29) is 30.5 Å². The van der Waals surface area contributed by atoms with E-state index in [2.05, 4.69) is 10.3 Å². The van der Waals surface area contributed by atoms with E-state index in [0.717, 1.165) is 20.9 Å². The van der Waals surface area contributed by atoms with Crippen LogP contribution in [0, 0.1) is 18.7 Å². The average molecular weight is 369 g/mol. The summed E-state index contributed by atoms with van der Waals surface area (Å²) in [5.74, 6) is -1.48. The Balaban J connectivity index is 1.52. The quantitative estimate of drug-likeness (QED) is 0.765. The minimum absolute atomic E-state index is 0.106. The Morgan fingerprint density at radius 2 is 2.12 bits per heavy atom. The van der Waals surface area contributed by atoms with Crippen LogP contribution in [0.15, 0.2) is 42.5 Å². The number of aryl methyl sites for hydroxylation is 1. The first-order valence-corrected chi connectivity index (χ1v) is 9.06. The van der Waals surface area contributed by atoms with Crippen molar-refractivity contribution in [3.05, 3.63) is 53.3 Å². The smallest absolute Gasteiger partial charge is 0.229 e. The minimum atomic E-state index is -0.519. The maximum atomic E-state index is 13.7. The summed E-state index contributed by atoms with van der Waals surface area (Å²) in [6, 6.07) is 11.7. The molecule has 0 bridgehead atoms. The molecule has 3 aromatic rings. The molecule has 1 aromatic heterocycles. The number of rotatable bonds is 3. The molecular weight excluding hydrogens is 353 g/mol. The van der Waals surface area contributed by atoms with Gasteiger partial charge in [0.2, 0.25) is 11.8 Å². The van der Waals surface area contributed by atoms with Gasteiger partial charge >= 0.3 is 0 Å². The van der Waals surface area contributed by atoms with Gasteiger partial charge in [-0.05, 0) is 37.3 Å². The lowest BCUT2D eigenvalue weighted by molar-refractivity contribution is -0.122. The highest BCUT2D eigenvalue weighted by molar-refractivity contribution is 7.18. The normalized spacial score (nSPS) is 17.1. The van der Waals surface area contributed by atoms with Gasteiger partial charge in [-0.15, -0.1) is 11.3 Å². The summed E-state index contributed by atoms with van der Waals surface area (Å²) in [5.41, 5.74) is 1.70. The molecule has 1 fully saturated rings. The van der Waals surface area contributed by atoms with Crippen LogP contribution >= 0.6 is 11.3 Å². The third-order valence-electron chi connectivity index (χ3n) is 4.42. The van der Waals surface area contributed by atoms with Gasteiger partial charge in [0.15, 0.2) is 0 Å². The Kier molecular flexibility index (Phi) is 4.16. The SMILES string of the molecule is Cc1nc2cc(N3CC(C(=O)Nc4ccccc4F)CC3=O)ccc2s1. The van der Waals surface area contributed by atoms with E-state index in [1.54, 1.807) is 28.4 Å². The third kappa shape index (κ3) is 3.06. The lowest BCUT2D eigenvalue weighted by Crippen LogP contribution is -2.28. The van der Waals surface area contributed by atoms with Gasteiger partial charge in [0.25, 0.3) is 0 Å². The van der Waals surface area contributed by atoms with Crippen LogP contribution in [-0.2, 0) is 9.59 Å². The lowest BCUT2D eigenvalue weighted by Gasteiger charge is -2.16. The highest BCUT2D eigenvalue weighted by Crippen LogP contribution is 2.30. The van der Waals surface area contributed by atoms with Crippen molar-refractivity contribution in [1.29, 1.82) is 0 Å². The Bertz CT molecular complexity index is 1020. The number of carbonyl (C=O) groups is 2. The predicted octanol–water partition coefficient (Wildman–Crippen LogP) is 3.74. The van der Waals surface area contributed by atoms with Crippen LogP contribution in [0.4, 0.5) is 15.8 Å². The molecule has 1 saturated heterocycles. The van der Waals surface area contributed by atoms with E-state index < -0.39 is 11.7 Å². The Morgan fingerprint density at radius 3 is 2.92 bits per heavy atom. The topological polar surface area (TPSA) is 62.3 Å². The van der Waals surface area contributed by atoms with E-state index in [4.69, 9.17) is 0 Å². The molecule has 1 aliphatic heterocycles. The number of benzene rings is 2. The first kappa shape index (κ1) is 16.7. The van der Waals surface area contributed by atoms with E-state index in [1.807, 2.05) is 25.1 Å². The fraction of sp³-hybridized carbons (Fsp3) is 0.211. The number of hydrogen-bond acceptors (Lipinski definition) is 4. The second kappa shape index (κ2) is 6.49. The second-order valence-corrected chi connectivity index (χ2v) is 7.49. The van der Waals surface area contributed by atoms with E-state index in [1.165, 1.54) is 12.1 Å². The molecule has 5 nitrogen and oxygen atoms in total. The molecule has 26 heavy (non-hydrogen) atoms. The van der Waals surface area contributed by atoms with Crippen LogP contribution in [0.25, 0.3) is 10.2 Å². The van der Waals surface area contributed by atoms with Gasteiger partial charge in [-0.1, -0.05) is 12.1 Å². The number of anilines is 2. The molecule has 1 atom stereocenters. The maximum Gasteiger partial charge on any atom is 0.229 e. The van der Waals surface area contributed by atoms with Gasteiger partial charge in [-0.2, -0.15) is 0 Å². The van der Waals surface area contributed by atoms with Crippen LogP contribution in [0.2, 0.25) is 0 Å². The Morgan fingerprint density at radius 1 is 1.31 bits per heavy atom.